The Labute approximate surface area is 173 Å². The van der Waals surface area contributed by atoms with E-state index >= 15 is 0 Å². The van der Waals surface area contributed by atoms with Gasteiger partial charge in [0.15, 0.2) is 0 Å². The first-order chi connectivity index (χ1) is 13.7. The van der Waals surface area contributed by atoms with Crippen LogP contribution in [-0.4, -0.2) is 37.5 Å². The van der Waals surface area contributed by atoms with Crippen LogP contribution in [0.3, 0.4) is 0 Å². The van der Waals surface area contributed by atoms with E-state index in [1.54, 1.807) is 12.1 Å². The summed E-state index contributed by atoms with van der Waals surface area (Å²) in [7, 11) is -3.52. The molecule has 2 aromatic rings. The Morgan fingerprint density at radius 3 is 2.21 bits per heavy atom. The number of hydrogen-bond acceptors (Lipinski definition) is 5. The number of fused-ring (bicyclic) bond motifs is 1. The van der Waals surface area contributed by atoms with E-state index < -0.39 is 16.1 Å². The molecule has 1 atom stereocenters. The summed E-state index contributed by atoms with van der Waals surface area (Å²) in [4.78, 5) is 0. The molecule has 29 heavy (non-hydrogen) atoms. The number of hydrogen-bond donors (Lipinski definition) is 4. The lowest BCUT2D eigenvalue weighted by Gasteiger charge is -2.18. The summed E-state index contributed by atoms with van der Waals surface area (Å²) < 4.78 is 25.1. The third-order valence-corrected chi connectivity index (χ3v) is 6.13. The van der Waals surface area contributed by atoms with Crippen molar-refractivity contribution >= 4 is 15.7 Å². The SMILES string of the molecule is CCc1cc2c(cc1CC)CC(NCC(O)c1cccc(NS(C)(=O)=O)c1O)C2. The van der Waals surface area contributed by atoms with E-state index in [-0.39, 0.29) is 24.0 Å². The molecule has 0 heterocycles. The average Bonchev–Trinajstić information content (AvgIpc) is 3.07. The van der Waals surface area contributed by atoms with E-state index in [0.717, 1.165) is 31.9 Å². The molecule has 0 bridgehead atoms. The Bertz CT molecular complexity index is 956. The zero-order valence-corrected chi connectivity index (χ0v) is 18.0. The molecule has 0 saturated carbocycles. The molecule has 0 saturated heterocycles. The molecule has 1 aliphatic rings. The monoisotopic (exact) mass is 418 g/mol. The molecule has 3 rings (SSSR count). The van der Waals surface area contributed by atoms with Crippen molar-refractivity contribution in [1.29, 1.82) is 0 Å². The fourth-order valence-electron chi connectivity index (χ4n) is 4.08. The van der Waals surface area contributed by atoms with Crippen LogP contribution in [0.15, 0.2) is 30.3 Å². The number of aliphatic hydroxyl groups is 1. The molecule has 0 fully saturated rings. The topological polar surface area (TPSA) is 98.7 Å². The molecule has 0 aromatic heterocycles. The number of anilines is 1. The Morgan fingerprint density at radius 1 is 1.10 bits per heavy atom. The van der Waals surface area contributed by atoms with E-state index in [0.29, 0.717) is 5.56 Å². The predicted octanol–water partition coefficient (Wildman–Crippen LogP) is 2.68. The Balaban J connectivity index is 1.66. The van der Waals surface area contributed by atoms with Gasteiger partial charge >= 0.3 is 0 Å². The highest BCUT2D eigenvalue weighted by Gasteiger charge is 2.24. The maximum Gasteiger partial charge on any atom is 0.229 e. The average molecular weight is 419 g/mol. The van der Waals surface area contributed by atoms with Crippen molar-refractivity contribution in [3.8, 4) is 5.75 Å². The number of aromatic hydroxyl groups is 1. The van der Waals surface area contributed by atoms with Gasteiger partial charge in [-0.05, 0) is 54.0 Å². The molecule has 0 aliphatic heterocycles. The quantitative estimate of drug-likeness (QED) is 0.494. The Hall–Kier alpha value is -2.09. The predicted molar refractivity (Wildman–Crippen MR) is 116 cm³/mol. The highest BCUT2D eigenvalue weighted by atomic mass is 32.2. The minimum atomic E-state index is -3.52. The second-order valence-electron chi connectivity index (χ2n) is 7.74. The molecule has 4 N–H and O–H groups in total. The summed E-state index contributed by atoms with van der Waals surface area (Å²) in [5.74, 6) is -0.248. The van der Waals surface area contributed by atoms with Gasteiger partial charge < -0.3 is 15.5 Å². The van der Waals surface area contributed by atoms with Crippen LogP contribution in [0.5, 0.6) is 5.75 Å². The number of nitrogens with one attached hydrogen (secondary N) is 2. The lowest BCUT2D eigenvalue weighted by molar-refractivity contribution is 0.166. The van der Waals surface area contributed by atoms with Gasteiger partial charge in [0.05, 0.1) is 18.0 Å². The second kappa shape index (κ2) is 8.73. The van der Waals surface area contributed by atoms with Crippen LogP contribution in [0, 0.1) is 0 Å². The minimum absolute atomic E-state index is 0.0662. The summed E-state index contributed by atoms with van der Waals surface area (Å²) in [6.07, 6.45) is 3.97. The first kappa shape index (κ1) is 21.6. The van der Waals surface area contributed by atoms with E-state index in [9.17, 15) is 18.6 Å². The smallest absolute Gasteiger partial charge is 0.229 e. The van der Waals surface area contributed by atoms with Crippen molar-refractivity contribution in [1.82, 2.24) is 5.32 Å². The van der Waals surface area contributed by atoms with Gasteiger partial charge in [-0.2, -0.15) is 0 Å². The van der Waals surface area contributed by atoms with Gasteiger partial charge in [-0.3, -0.25) is 4.72 Å². The van der Waals surface area contributed by atoms with E-state index in [2.05, 4.69) is 36.0 Å². The van der Waals surface area contributed by atoms with Crippen molar-refractivity contribution in [3.05, 3.63) is 58.1 Å². The Kier molecular flexibility index (Phi) is 6.51. The van der Waals surface area contributed by atoms with E-state index in [1.165, 1.54) is 28.3 Å². The van der Waals surface area contributed by atoms with Gasteiger partial charge in [0.2, 0.25) is 10.0 Å². The van der Waals surface area contributed by atoms with Crippen LogP contribution < -0.4 is 10.0 Å². The van der Waals surface area contributed by atoms with Crippen molar-refractivity contribution in [2.24, 2.45) is 0 Å². The van der Waals surface area contributed by atoms with Crippen LogP contribution in [-0.2, 0) is 35.7 Å². The van der Waals surface area contributed by atoms with Gasteiger partial charge in [-0.25, -0.2) is 8.42 Å². The van der Waals surface area contributed by atoms with Crippen LogP contribution in [0.1, 0.15) is 47.8 Å². The van der Waals surface area contributed by atoms with Crippen LogP contribution in [0.4, 0.5) is 5.69 Å². The molecule has 0 radical (unpaired) electrons. The zero-order valence-electron chi connectivity index (χ0n) is 17.2. The minimum Gasteiger partial charge on any atom is -0.505 e. The van der Waals surface area contributed by atoms with E-state index in [4.69, 9.17) is 0 Å². The lowest BCUT2D eigenvalue weighted by Crippen LogP contribution is -2.33. The summed E-state index contributed by atoms with van der Waals surface area (Å²) in [5, 5.41) is 24.3. The number of sulfonamides is 1. The van der Waals surface area contributed by atoms with Gasteiger partial charge in [-0.15, -0.1) is 0 Å². The second-order valence-corrected chi connectivity index (χ2v) is 9.49. The molecule has 7 heteroatoms. The first-order valence-corrected chi connectivity index (χ1v) is 12.0. The molecule has 6 nitrogen and oxygen atoms in total. The third kappa shape index (κ3) is 5.10. The summed E-state index contributed by atoms with van der Waals surface area (Å²) in [6.45, 7) is 4.64. The number of aliphatic hydroxyl groups excluding tert-OH is 1. The highest BCUT2D eigenvalue weighted by Crippen LogP contribution is 2.33. The zero-order chi connectivity index (χ0) is 21.2. The number of aryl methyl sites for hydroxylation is 2. The maximum absolute atomic E-state index is 11.4. The van der Waals surface area contributed by atoms with Gasteiger partial charge in [-0.1, -0.05) is 38.1 Å². The third-order valence-electron chi connectivity index (χ3n) is 5.54. The first-order valence-electron chi connectivity index (χ1n) is 10.1. The number of phenolic OH excluding ortho intramolecular Hbond substituents is 1. The van der Waals surface area contributed by atoms with Gasteiger partial charge in [0.25, 0.3) is 0 Å². The standard InChI is InChI=1S/C22H30N2O4S/c1-4-14-9-16-11-18(12-17(16)10-15(14)5-2)23-13-21(25)19-7-6-8-20(22(19)26)24-29(3,27)28/h6-10,18,21,23-26H,4-5,11-13H2,1-3H3. The van der Waals surface area contributed by atoms with Gasteiger partial charge in [0.1, 0.15) is 5.75 Å². The van der Waals surface area contributed by atoms with Gasteiger partial charge in [0, 0.05) is 18.2 Å². The lowest BCUT2D eigenvalue weighted by atomic mass is 9.97. The van der Waals surface area contributed by atoms with Crippen LogP contribution in [0.2, 0.25) is 0 Å². The number of benzene rings is 2. The highest BCUT2D eigenvalue weighted by molar-refractivity contribution is 7.92. The molecular weight excluding hydrogens is 388 g/mol. The molecule has 0 spiro atoms. The molecule has 1 unspecified atom stereocenters. The van der Waals surface area contributed by atoms with E-state index in [1.807, 2.05) is 0 Å². The molecule has 0 amide bonds. The maximum atomic E-state index is 11.4. The molecule has 2 aromatic carbocycles. The van der Waals surface area contributed by atoms with Crippen molar-refractivity contribution in [3.63, 3.8) is 0 Å². The normalized spacial score (nSPS) is 15.3. The summed E-state index contributed by atoms with van der Waals surface area (Å²) in [5.41, 5.74) is 5.92. The summed E-state index contributed by atoms with van der Waals surface area (Å²) >= 11 is 0. The largest absolute Gasteiger partial charge is 0.505 e. The number of para-hydroxylation sites is 1. The fourth-order valence-corrected chi connectivity index (χ4v) is 4.64. The number of rotatable bonds is 8. The molecular formula is C22H30N2O4S. The fraction of sp³-hybridized carbons (Fsp3) is 0.455. The molecule has 1 aliphatic carbocycles. The van der Waals surface area contributed by atoms with Crippen LogP contribution in [0.25, 0.3) is 0 Å². The molecule has 158 valence electrons. The Morgan fingerprint density at radius 2 is 1.69 bits per heavy atom. The van der Waals surface area contributed by atoms with Crippen molar-refractivity contribution in [2.45, 2.75) is 51.7 Å². The summed E-state index contributed by atoms with van der Waals surface area (Å²) in [6, 6.07) is 9.53. The number of phenols is 1. The van der Waals surface area contributed by atoms with Crippen LogP contribution >= 0.6 is 0 Å². The van der Waals surface area contributed by atoms with Crippen molar-refractivity contribution in [2.75, 3.05) is 17.5 Å². The van der Waals surface area contributed by atoms with Crippen molar-refractivity contribution < 1.29 is 18.6 Å².